The minimum Gasteiger partial charge on any atom is -0.489 e. The summed E-state index contributed by atoms with van der Waals surface area (Å²) in [4.78, 5) is 6.69. The highest BCUT2D eigenvalue weighted by molar-refractivity contribution is 5.79. The van der Waals surface area contributed by atoms with Gasteiger partial charge in [0.25, 0.3) is 0 Å². The Balaban J connectivity index is 1.36. The molecule has 6 nitrogen and oxygen atoms in total. The fourth-order valence-corrected chi connectivity index (χ4v) is 3.01. The molecule has 150 valence electrons. The maximum absolute atomic E-state index is 5.83. The highest BCUT2D eigenvalue weighted by atomic mass is 16.5. The van der Waals surface area contributed by atoms with Gasteiger partial charge in [0.2, 0.25) is 0 Å². The van der Waals surface area contributed by atoms with Crippen molar-refractivity contribution in [3.05, 3.63) is 65.7 Å². The van der Waals surface area contributed by atoms with Gasteiger partial charge in [0, 0.05) is 39.8 Å². The van der Waals surface area contributed by atoms with E-state index in [1.54, 1.807) is 7.05 Å². The van der Waals surface area contributed by atoms with Gasteiger partial charge in [-0.25, -0.2) is 0 Å². The second-order valence-corrected chi connectivity index (χ2v) is 6.72. The lowest BCUT2D eigenvalue weighted by Gasteiger charge is -2.26. The first-order valence-electron chi connectivity index (χ1n) is 9.84. The number of ether oxygens (including phenoxy) is 2. The zero-order valence-corrected chi connectivity index (χ0v) is 16.6. The van der Waals surface area contributed by atoms with Crippen LogP contribution in [0.5, 0.6) is 5.75 Å². The first-order valence-corrected chi connectivity index (χ1v) is 9.84. The number of hydrogen-bond donors (Lipinski definition) is 2. The lowest BCUT2D eigenvalue weighted by molar-refractivity contribution is 0.0389. The van der Waals surface area contributed by atoms with Gasteiger partial charge in [0.1, 0.15) is 12.4 Å². The Bertz CT molecular complexity index is 713. The molecule has 0 radical (unpaired) electrons. The van der Waals surface area contributed by atoms with Gasteiger partial charge in [0.15, 0.2) is 5.96 Å². The molecule has 1 saturated heterocycles. The van der Waals surface area contributed by atoms with Crippen LogP contribution in [0, 0.1) is 0 Å². The van der Waals surface area contributed by atoms with Crippen LogP contribution in [0.2, 0.25) is 0 Å². The molecule has 1 aliphatic heterocycles. The zero-order valence-electron chi connectivity index (χ0n) is 16.6. The molecule has 2 aromatic carbocycles. The van der Waals surface area contributed by atoms with E-state index in [0.717, 1.165) is 57.6 Å². The molecule has 0 spiro atoms. The quantitative estimate of drug-likeness (QED) is 0.542. The lowest BCUT2D eigenvalue weighted by Crippen LogP contribution is -2.44. The van der Waals surface area contributed by atoms with E-state index in [4.69, 9.17) is 9.47 Å². The van der Waals surface area contributed by atoms with E-state index in [9.17, 15) is 0 Å². The van der Waals surface area contributed by atoms with Crippen molar-refractivity contribution in [3.8, 4) is 5.75 Å². The van der Waals surface area contributed by atoms with Gasteiger partial charge in [-0.15, -0.1) is 0 Å². The topological polar surface area (TPSA) is 58.1 Å². The van der Waals surface area contributed by atoms with Crippen molar-refractivity contribution >= 4 is 5.96 Å². The fraction of sp³-hybridized carbons (Fsp3) is 0.409. The lowest BCUT2D eigenvalue weighted by atomic mass is 10.2. The number of morpholine rings is 1. The SMILES string of the molecule is CN=C(NCCN1CCOCC1)NCc1ccc(OCc2ccccc2)cc1. The minimum atomic E-state index is 0.581. The van der Waals surface area contributed by atoms with Crippen molar-refractivity contribution in [2.45, 2.75) is 13.2 Å². The first-order chi connectivity index (χ1) is 13.8. The molecule has 3 rings (SSSR count). The van der Waals surface area contributed by atoms with Crippen LogP contribution in [0.4, 0.5) is 0 Å². The second kappa shape index (κ2) is 11.3. The van der Waals surface area contributed by atoms with Crippen LogP contribution in [-0.2, 0) is 17.9 Å². The van der Waals surface area contributed by atoms with Crippen LogP contribution in [0.1, 0.15) is 11.1 Å². The number of hydrogen-bond acceptors (Lipinski definition) is 4. The molecule has 2 N–H and O–H groups in total. The molecule has 0 saturated carbocycles. The molecule has 0 aliphatic carbocycles. The molecular weight excluding hydrogens is 352 g/mol. The predicted octanol–water partition coefficient (Wildman–Crippen LogP) is 2.26. The molecule has 1 fully saturated rings. The fourth-order valence-electron chi connectivity index (χ4n) is 3.01. The average Bonchev–Trinajstić information content (AvgIpc) is 2.77. The first kappa shape index (κ1) is 20.2. The van der Waals surface area contributed by atoms with E-state index in [0.29, 0.717) is 6.61 Å². The molecule has 1 heterocycles. The summed E-state index contributed by atoms with van der Waals surface area (Å²) in [5, 5.41) is 6.72. The summed E-state index contributed by atoms with van der Waals surface area (Å²) in [5.41, 5.74) is 2.35. The van der Waals surface area contributed by atoms with Crippen LogP contribution in [0.3, 0.4) is 0 Å². The van der Waals surface area contributed by atoms with Crippen molar-refractivity contribution in [1.82, 2.24) is 15.5 Å². The van der Waals surface area contributed by atoms with E-state index in [1.165, 1.54) is 11.1 Å². The smallest absolute Gasteiger partial charge is 0.191 e. The minimum absolute atomic E-state index is 0.581. The molecule has 1 aliphatic rings. The molecule has 0 aromatic heterocycles. The van der Waals surface area contributed by atoms with E-state index in [1.807, 2.05) is 30.3 Å². The van der Waals surface area contributed by atoms with Crippen molar-refractivity contribution < 1.29 is 9.47 Å². The van der Waals surface area contributed by atoms with Crippen molar-refractivity contribution in [1.29, 1.82) is 0 Å². The zero-order chi connectivity index (χ0) is 19.4. The predicted molar refractivity (Wildman–Crippen MR) is 113 cm³/mol. The number of aliphatic imine (C=N–C) groups is 1. The van der Waals surface area contributed by atoms with E-state index >= 15 is 0 Å². The van der Waals surface area contributed by atoms with Crippen molar-refractivity contribution in [3.63, 3.8) is 0 Å². The van der Waals surface area contributed by atoms with Crippen LogP contribution in [0.15, 0.2) is 59.6 Å². The summed E-state index contributed by atoms with van der Waals surface area (Å²) < 4.78 is 11.2. The number of nitrogens with zero attached hydrogens (tertiary/aromatic N) is 2. The van der Waals surface area contributed by atoms with Gasteiger partial charge in [-0.05, 0) is 23.3 Å². The van der Waals surface area contributed by atoms with Gasteiger partial charge in [-0.2, -0.15) is 0 Å². The summed E-state index contributed by atoms with van der Waals surface area (Å²) in [6, 6.07) is 18.4. The maximum atomic E-state index is 5.83. The van der Waals surface area contributed by atoms with E-state index < -0.39 is 0 Å². The Labute approximate surface area is 167 Å². The average molecular weight is 383 g/mol. The molecule has 0 unspecified atom stereocenters. The Morgan fingerprint density at radius 1 is 1.00 bits per heavy atom. The Morgan fingerprint density at radius 2 is 1.75 bits per heavy atom. The Kier molecular flexibility index (Phi) is 8.15. The van der Waals surface area contributed by atoms with Gasteiger partial charge in [-0.3, -0.25) is 9.89 Å². The van der Waals surface area contributed by atoms with E-state index in [-0.39, 0.29) is 0 Å². The number of rotatable bonds is 8. The molecule has 0 atom stereocenters. The van der Waals surface area contributed by atoms with Crippen molar-refractivity contribution in [2.75, 3.05) is 46.4 Å². The summed E-state index contributed by atoms with van der Waals surface area (Å²) in [5.74, 6) is 1.69. The number of guanidine groups is 1. The highest BCUT2D eigenvalue weighted by Gasteiger charge is 2.09. The van der Waals surface area contributed by atoms with Crippen LogP contribution < -0.4 is 15.4 Å². The van der Waals surface area contributed by atoms with Crippen LogP contribution in [-0.4, -0.2) is 57.3 Å². The summed E-state index contributed by atoms with van der Waals surface area (Å²) in [6.07, 6.45) is 0. The molecule has 0 amide bonds. The third kappa shape index (κ3) is 6.87. The van der Waals surface area contributed by atoms with Gasteiger partial charge < -0.3 is 20.1 Å². The maximum Gasteiger partial charge on any atom is 0.191 e. The number of nitrogens with one attached hydrogen (secondary N) is 2. The second-order valence-electron chi connectivity index (χ2n) is 6.72. The van der Waals surface area contributed by atoms with Gasteiger partial charge in [0.05, 0.1) is 13.2 Å². The summed E-state index contributed by atoms with van der Waals surface area (Å²) in [7, 11) is 1.80. The van der Waals surface area contributed by atoms with Gasteiger partial charge in [-0.1, -0.05) is 42.5 Å². The standard InChI is InChI=1S/C22H30N4O2/c1-23-22(24-11-12-26-13-15-27-16-14-26)25-17-19-7-9-21(10-8-19)28-18-20-5-3-2-4-6-20/h2-10H,11-18H2,1H3,(H2,23,24,25). The molecule has 0 bridgehead atoms. The Hall–Kier alpha value is -2.57. The largest absolute Gasteiger partial charge is 0.489 e. The summed E-state index contributed by atoms with van der Waals surface area (Å²) in [6.45, 7) is 6.84. The highest BCUT2D eigenvalue weighted by Crippen LogP contribution is 2.14. The molecule has 2 aromatic rings. The number of benzene rings is 2. The van der Waals surface area contributed by atoms with Gasteiger partial charge >= 0.3 is 0 Å². The monoisotopic (exact) mass is 382 g/mol. The molecular formula is C22H30N4O2. The normalized spacial score (nSPS) is 15.2. The van der Waals surface area contributed by atoms with E-state index in [2.05, 4.69) is 44.8 Å². The van der Waals surface area contributed by atoms with Crippen molar-refractivity contribution in [2.24, 2.45) is 4.99 Å². The van der Waals surface area contributed by atoms with Crippen LogP contribution in [0.25, 0.3) is 0 Å². The van der Waals surface area contributed by atoms with Crippen LogP contribution >= 0.6 is 0 Å². The third-order valence-corrected chi connectivity index (χ3v) is 4.68. The third-order valence-electron chi connectivity index (χ3n) is 4.68. The Morgan fingerprint density at radius 3 is 2.46 bits per heavy atom. The molecule has 6 heteroatoms. The molecule has 28 heavy (non-hydrogen) atoms. The summed E-state index contributed by atoms with van der Waals surface area (Å²) >= 11 is 0.